The summed E-state index contributed by atoms with van der Waals surface area (Å²) in [4.78, 5) is 16.4. The summed E-state index contributed by atoms with van der Waals surface area (Å²) in [5.74, 6) is 0. The van der Waals surface area contributed by atoms with Crippen molar-refractivity contribution < 1.29 is 0 Å². The quantitative estimate of drug-likeness (QED) is 0.857. The summed E-state index contributed by atoms with van der Waals surface area (Å²) < 4.78 is 1.77. The zero-order chi connectivity index (χ0) is 14.0. The Bertz CT molecular complexity index is 644. The fraction of sp³-hybridized carbons (Fsp3) is 0.333. The van der Waals surface area contributed by atoms with Crippen molar-refractivity contribution in [3.05, 3.63) is 64.3 Å². The van der Waals surface area contributed by atoms with E-state index in [4.69, 9.17) is 0 Å². The summed E-state index contributed by atoms with van der Waals surface area (Å²) in [6.07, 6.45) is 5.46. The molecule has 0 aromatic carbocycles. The minimum Gasteiger partial charge on any atom is -0.313 e. The summed E-state index contributed by atoms with van der Waals surface area (Å²) in [6, 6.07) is 7.73. The van der Waals surface area contributed by atoms with Crippen LogP contribution in [0.4, 0.5) is 0 Å². The van der Waals surface area contributed by atoms with E-state index in [0.717, 1.165) is 24.3 Å². The second-order valence-corrected chi connectivity index (χ2v) is 5.23. The maximum Gasteiger partial charge on any atom is 0.253 e. The molecule has 1 fully saturated rings. The Balaban J connectivity index is 2.00. The molecule has 5 nitrogen and oxygen atoms in total. The molecule has 1 unspecified atom stereocenters. The Labute approximate surface area is 117 Å². The van der Waals surface area contributed by atoms with Crippen LogP contribution in [0.5, 0.6) is 0 Å². The van der Waals surface area contributed by atoms with Gasteiger partial charge in [0.15, 0.2) is 0 Å². The van der Waals surface area contributed by atoms with Gasteiger partial charge in [-0.15, -0.1) is 0 Å². The van der Waals surface area contributed by atoms with Crippen molar-refractivity contribution in [2.45, 2.75) is 19.0 Å². The van der Waals surface area contributed by atoms with Crippen LogP contribution in [0.15, 0.2) is 47.7 Å². The molecule has 0 radical (unpaired) electrons. The van der Waals surface area contributed by atoms with Crippen LogP contribution in [-0.2, 0) is 12.1 Å². The standard InChI is InChI=1S/C15H18N4O/c1-12-4-3-7-19(14(12)20)10-15(9-17-11-18-15)13-5-2-6-16-8-13/h2-8,17-18H,9-11H2,1H3. The van der Waals surface area contributed by atoms with E-state index in [1.54, 1.807) is 10.8 Å². The monoisotopic (exact) mass is 270 g/mol. The maximum absolute atomic E-state index is 12.2. The molecule has 3 heterocycles. The van der Waals surface area contributed by atoms with Gasteiger partial charge in [0.2, 0.25) is 0 Å². The fourth-order valence-corrected chi connectivity index (χ4v) is 2.70. The third kappa shape index (κ3) is 2.26. The smallest absolute Gasteiger partial charge is 0.253 e. The molecule has 0 amide bonds. The Morgan fingerprint density at radius 2 is 2.30 bits per heavy atom. The number of hydrogen-bond donors (Lipinski definition) is 2. The fourth-order valence-electron chi connectivity index (χ4n) is 2.70. The van der Waals surface area contributed by atoms with Gasteiger partial charge >= 0.3 is 0 Å². The van der Waals surface area contributed by atoms with E-state index in [1.165, 1.54) is 0 Å². The summed E-state index contributed by atoms with van der Waals surface area (Å²) >= 11 is 0. The second-order valence-electron chi connectivity index (χ2n) is 5.23. The van der Waals surface area contributed by atoms with Gasteiger partial charge in [0.25, 0.3) is 5.56 Å². The number of pyridine rings is 2. The van der Waals surface area contributed by atoms with Crippen LogP contribution in [0, 0.1) is 6.92 Å². The van der Waals surface area contributed by atoms with Gasteiger partial charge in [0.05, 0.1) is 5.54 Å². The van der Waals surface area contributed by atoms with Gasteiger partial charge in [-0.25, -0.2) is 0 Å². The molecule has 1 aliphatic rings. The van der Waals surface area contributed by atoms with Crippen molar-refractivity contribution in [3.8, 4) is 0 Å². The van der Waals surface area contributed by atoms with Crippen LogP contribution in [-0.4, -0.2) is 22.8 Å². The number of aryl methyl sites for hydroxylation is 1. The summed E-state index contributed by atoms with van der Waals surface area (Å²) in [5.41, 5.74) is 1.63. The van der Waals surface area contributed by atoms with Gasteiger partial charge < -0.3 is 9.88 Å². The van der Waals surface area contributed by atoms with Crippen molar-refractivity contribution in [1.82, 2.24) is 20.2 Å². The van der Waals surface area contributed by atoms with E-state index in [1.807, 2.05) is 43.6 Å². The number of hydrogen-bond acceptors (Lipinski definition) is 4. The molecule has 3 rings (SSSR count). The normalized spacial score (nSPS) is 22.1. The number of nitrogens with zero attached hydrogens (tertiary/aromatic N) is 2. The molecule has 0 aliphatic carbocycles. The van der Waals surface area contributed by atoms with E-state index in [9.17, 15) is 4.79 Å². The molecule has 0 bridgehead atoms. The lowest BCUT2D eigenvalue weighted by atomic mass is 9.92. The molecule has 1 saturated heterocycles. The first-order valence-electron chi connectivity index (χ1n) is 6.74. The second kappa shape index (κ2) is 5.19. The molecule has 2 aromatic rings. The number of nitrogens with one attached hydrogen (secondary N) is 2. The van der Waals surface area contributed by atoms with Gasteiger partial charge in [0.1, 0.15) is 0 Å². The summed E-state index contributed by atoms with van der Waals surface area (Å²) in [5, 5.41) is 6.78. The van der Waals surface area contributed by atoms with Crippen LogP contribution >= 0.6 is 0 Å². The van der Waals surface area contributed by atoms with Gasteiger partial charge in [-0.2, -0.15) is 0 Å². The molecule has 20 heavy (non-hydrogen) atoms. The molecular formula is C15H18N4O. The Kier molecular flexibility index (Phi) is 3.38. The largest absolute Gasteiger partial charge is 0.313 e. The molecule has 1 atom stereocenters. The highest BCUT2D eigenvalue weighted by Crippen LogP contribution is 2.24. The zero-order valence-electron chi connectivity index (χ0n) is 11.5. The van der Waals surface area contributed by atoms with Crippen molar-refractivity contribution in [2.75, 3.05) is 13.2 Å². The Morgan fingerprint density at radius 1 is 1.40 bits per heavy atom. The zero-order valence-corrected chi connectivity index (χ0v) is 11.5. The minimum atomic E-state index is -0.286. The van der Waals surface area contributed by atoms with Crippen molar-refractivity contribution in [1.29, 1.82) is 0 Å². The van der Waals surface area contributed by atoms with E-state index < -0.39 is 0 Å². The number of aromatic nitrogens is 2. The molecule has 5 heteroatoms. The van der Waals surface area contributed by atoms with Crippen LogP contribution in [0.2, 0.25) is 0 Å². The third-order valence-electron chi connectivity index (χ3n) is 3.84. The molecule has 0 saturated carbocycles. The highest BCUT2D eigenvalue weighted by atomic mass is 16.1. The molecule has 0 spiro atoms. The first kappa shape index (κ1) is 13.0. The average Bonchev–Trinajstić information content (AvgIpc) is 2.95. The summed E-state index contributed by atoms with van der Waals surface area (Å²) in [7, 11) is 0. The number of rotatable bonds is 3. The molecule has 2 N–H and O–H groups in total. The highest BCUT2D eigenvalue weighted by Gasteiger charge is 2.36. The lowest BCUT2D eigenvalue weighted by Crippen LogP contribution is -2.45. The van der Waals surface area contributed by atoms with E-state index >= 15 is 0 Å². The van der Waals surface area contributed by atoms with Gasteiger partial charge in [-0.05, 0) is 24.6 Å². The first-order valence-corrected chi connectivity index (χ1v) is 6.74. The van der Waals surface area contributed by atoms with Crippen molar-refractivity contribution in [3.63, 3.8) is 0 Å². The molecule has 1 aliphatic heterocycles. The third-order valence-corrected chi connectivity index (χ3v) is 3.84. The average molecular weight is 270 g/mol. The van der Waals surface area contributed by atoms with Gasteiger partial charge in [0, 0.05) is 43.9 Å². The van der Waals surface area contributed by atoms with Crippen molar-refractivity contribution >= 4 is 0 Å². The minimum absolute atomic E-state index is 0.0597. The van der Waals surface area contributed by atoms with E-state index in [2.05, 4.69) is 15.6 Å². The van der Waals surface area contributed by atoms with Crippen LogP contribution in [0.1, 0.15) is 11.1 Å². The predicted octanol–water partition coefficient (Wildman–Crippen LogP) is 0.598. The topological polar surface area (TPSA) is 59.0 Å². The predicted molar refractivity (Wildman–Crippen MR) is 77.4 cm³/mol. The SMILES string of the molecule is Cc1cccn(CC2(c3cccnc3)CNCN2)c1=O. The van der Waals surface area contributed by atoms with Crippen molar-refractivity contribution in [2.24, 2.45) is 0 Å². The van der Waals surface area contributed by atoms with E-state index in [-0.39, 0.29) is 11.1 Å². The maximum atomic E-state index is 12.2. The molecule has 104 valence electrons. The summed E-state index contributed by atoms with van der Waals surface area (Å²) in [6.45, 7) is 3.94. The molecule has 2 aromatic heterocycles. The Morgan fingerprint density at radius 3 is 3.00 bits per heavy atom. The molecular weight excluding hydrogens is 252 g/mol. The first-order chi connectivity index (χ1) is 9.71. The lowest BCUT2D eigenvalue weighted by Gasteiger charge is -2.29. The van der Waals surface area contributed by atoms with Gasteiger partial charge in [-0.1, -0.05) is 12.1 Å². The van der Waals surface area contributed by atoms with E-state index in [0.29, 0.717) is 6.54 Å². The van der Waals surface area contributed by atoms with Crippen LogP contribution in [0.3, 0.4) is 0 Å². The van der Waals surface area contributed by atoms with Crippen LogP contribution in [0.25, 0.3) is 0 Å². The highest BCUT2D eigenvalue weighted by molar-refractivity contribution is 5.23. The van der Waals surface area contributed by atoms with Gasteiger partial charge in [-0.3, -0.25) is 15.1 Å². The Hall–Kier alpha value is -1.98. The van der Waals surface area contributed by atoms with Crippen LogP contribution < -0.4 is 16.2 Å². The lowest BCUT2D eigenvalue weighted by molar-refractivity contribution is 0.345.